The van der Waals surface area contributed by atoms with E-state index in [1.165, 1.54) is 13.0 Å². The van der Waals surface area contributed by atoms with Crippen molar-refractivity contribution in [2.45, 2.75) is 18.0 Å². The molecule has 0 saturated heterocycles. The molecule has 0 aromatic heterocycles. The van der Waals surface area contributed by atoms with Crippen LogP contribution in [0.1, 0.15) is 12.5 Å². The summed E-state index contributed by atoms with van der Waals surface area (Å²) in [7, 11) is -4.19. The van der Waals surface area contributed by atoms with Crippen molar-refractivity contribution in [3.8, 4) is 0 Å². The molecule has 1 amide bonds. The number of hydrogen-bond donors (Lipinski definition) is 1. The van der Waals surface area contributed by atoms with E-state index in [9.17, 15) is 36.5 Å². The van der Waals surface area contributed by atoms with Crippen molar-refractivity contribution in [2.24, 2.45) is 0 Å². The molecule has 0 radical (unpaired) electrons. The van der Waals surface area contributed by atoms with Crippen molar-refractivity contribution in [1.82, 2.24) is 4.31 Å². The van der Waals surface area contributed by atoms with E-state index in [0.717, 1.165) is 46.8 Å². The Hall–Kier alpha value is -2.99. The minimum atomic E-state index is -4.70. The van der Waals surface area contributed by atoms with Gasteiger partial charge in [0, 0.05) is 18.7 Å². The molecule has 0 aliphatic rings. The van der Waals surface area contributed by atoms with Crippen LogP contribution in [0.15, 0.2) is 53.4 Å². The molecule has 156 valence electrons. The molecule has 0 heterocycles. The largest absolute Gasteiger partial charge is 0.418 e. The highest BCUT2D eigenvalue weighted by molar-refractivity contribution is 7.89. The summed E-state index contributed by atoms with van der Waals surface area (Å²) in [6, 6.07) is 8.36. The number of hydrogen-bond acceptors (Lipinski definition) is 5. The second-order valence-corrected chi connectivity index (χ2v) is 7.71. The van der Waals surface area contributed by atoms with Crippen LogP contribution in [0.4, 0.5) is 24.5 Å². The van der Waals surface area contributed by atoms with Gasteiger partial charge in [0.15, 0.2) is 0 Å². The number of nitrogens with zero attached hydrogens (tertiary/aromatic N) is 2. The second kappa shape index (κ2) is 8.57. The summed E-state index contributed by atoms with van der Waals surface area (Å²) in [5.74, 6) is -0.964. The number of carbonyl (C=O) groups is 1. The zero-order valence-corrected chi connectivity index (χ0v) is 15.8. The van der Waals surface area contributed by atoms with E-state index in [-0.39, 0.29) is 17.1 Å². The highest BCUT2D eigenvalue weighted by Gasteiger charge is 2.34. The van der Waals surface area contributed by atoms with Gasteiger partial charge >= 0.3 is 6.18 Å². The van der Waals surface area contributed by atoms with Crippen LogP contribution in [0.25, 0.3) is 0 Å². The molecule has 0 saturated carbocycles. The topological polar surface area (TPSA) is 110 Å². The third kappa shape index (κ3) is 5.29. The Morgan fingerprint density at radius 1 is 1.14 bits per heavy atom. The Labute approximate surface area is 164 Å². The summed E-state index contributed by atoms with van der Waals surface area (Å²) >= 11 is 0. The van der Waals surface area contributed by atoms with Gasteiger partial charge in [-0.05, 0) is 24.3 Å². The van der Waals surface area contributed by atoms with Crippen molar-refractivity contribution >= 4 is 27.3 Å². The summed E-state index contributed by atoms with van der Waals surface area (Å²) in [5, 5.41) is 12.8. The SMILES string of the molecule is CCN(CC(=O)Nc1ccccc1C(F)(F)F)S(=O)(=O)c1ccc([N+](=O)[O-])cc1. The van der Waals surface area contributed by atoms with E-state index >= 15 is 0 Å². The predicted octanol–water partition coefficient (Wildman–Crippen LogP) is 3.26. The standard InChI is InChI=1S/C17H16F3N3O5S/c1-2-22(29(27,28)13-9-7-12(8-10-13)23(25)26)11-16(24)21-15-6-4-3-5-14(15)17(18,19)20/h3-10H,2,11H2,1H3,(H,21,24). The maximum atomic E-state index is 13.0. The molecule has 12 heteroatoms. The molecule has 29 heavy (non-hydrogen) atoms. The number of halogens is 3. The normalized spacial score (nSPS) is 12.0. The number of carbonyl (C=O) groups excluding carboxylic acids is 1. The maximum Gasteiger partial charge on any atom is 0.418 e. The van der Waals surface area contributed by atoms with Gasteiger partial charge in [-0.1, -0.05) is 19.1 Å². The summed E-state index contributed by atoms with van der Waals surface area (Å²) in [5.41, 5.74) is -1.86. The van der Waals surface area contributed by atoms with E-state index in [2.05, 4.69) is 5.32 Å². The lowest BCUT2D eigenvalue weighted by Gasteiger charge is -2.20. The predicted molar refractivity (Wildman–Crippen MR) is 97.6 cm³/mol. The van der Waals surface area contributed by atoms with Crippen molar-refractivity contribution in [3.63, 3.8) is 0 Å². The van der Waals surface area contributed by atoms with E-state index in [4.69, 9.17) is 0 Å². The molecule has 0 aliphatic carbocycles. The summed E-state index contributed by atoms with van der Waals surface area (Å²) in [6.45, 7) is 0.565. The fraction of sp³-hybridized carbons (Fsp3) is 0.235. The van der Waals surface area contributed by atoms with Crippen molar-refractivity contribution in [3.05, 3.63) is 64.2 Å². The number of nitro groups is 1. The minimum Gasteiger partial charge on any atom is -0.324 e. The molecule has 2 aromatic carbocycles. The first kappa shape index (κ1) is 22.3. The lowest BCUT2D eigenvalue weighted by Crippen LogP contribution is -2.38. The van der Waals surface area contributed by atoms with Gasteiger partial charge in [0.25, 0.3) is 5.69 Å². The monoisotopic (exact) mass is 431 g/mol. The summed E-state index contributed by atoms with van der Waals surface area (Å²) in [6.07, 6.45) is -4.70. The lowest BCUT2D eigenvalue weighted by molar-refractivity contribution is -0.384. The van der Waals surface area contributed by atoms with Crippen LogP contribution in [0.5, 0.6) is 0 Å². The fourth-order valence-corrected chi connectivity index (χ4v) is 3.85. The van der Waals surface area contributed by atoms with Gasteiger partial charge < -0.3 is 5.32 Å². The zero-order chi connectivity index (χ0) is 21.8. The van der Waals surface area contributed by atoms with E-state index in [1.54, 1.807) is 0 Å². The number of sulfonamides is 1. The number of nitro benzene ring substituents is 1. The molecular formula is C17H16F3N3O5S. The number of non-ortho nitro benzene ring substituents is 1. The summed E-state index contributed by atoms with van der Waals surface area (Å²) < 4.78 is 65.1. The molecule has 8 nitrogen and oxygen atoms in total. The van der Waals surface area contributed by atoms with Crippen LogP contribution in [-0.4, -0.2) is 36.6 Å². The van der Waals surface area contributed by atoms with Crippen molar-refractivity contribution in [1.29, 1.82) is 0 Å². The molecule has 0 aliphatic heterocycles. The molecular weight excluding hydrogens is 415 g/mol. The second-order valence-electron chi connectivity index (χ2n) is 5.77. The molecule has 2 rings (SSSR count). The molecule has 0 bridgehead atoms. The van der Waals surface area contributed by atoms with Crippen LogP contribution < -0.4 is 5.32 Å². The van der Waals surface area contributed by atoms with Crippen molar-refractivity contribution < 1.29 is 31.3 Å². The van der Waals surface area contributed by atoms with Gasteiger partial charge in [-0.15, -0.1) is 0 Å². The number of amides is 1. The molecule has 1 N–H and O–H groups in total. The zero-order valence-electron chi connectivity index (χ0n) is 15.0. The first-order valence-electron chi connectivity index (χ1n) is 8.17. The summed E-state index contributed by atoms with van der Waals surface area (Å²) in [4.78, 5) is 21.9. The van der Waals surface area contributed by atoms with Crippen LogP contribution in [0.3, 0.4) is 0 Å². The van der Waals surface area contributed by atoms with Crippen LogP contribution >= 0.6 is 0 Å². The fourth-order valence-electron chi connectivity index (χ4n) is 2.44. The van der Waals surface area contributed by atoms with E-state index in [1.807, 2.05) is 0 Å². The Balaban J connectivity index is 2.21. The molecule has 0 spiro atoms. The number of likely N-dealkylation sites (N-methyl/N-ethyl adjacent to an activating group) is 1. The highest BCUT2D eigenvalue weighted by Crippen LogP contribution is 2.34. The average molecular weight is 431 g/mol. The first-order chi connectivity index (χ1) is 13.5. The molecule has 2 aromatic rings. The average Bonchev–Trinajstić information content (AvgIpc) is 2.65. The van der Waals surface area contributed by atoms with Crippen LogP contribution in [-0.2, 0) is 21.0 Å². The maximum absolute atomic E-state index is 13.0. The van der Waals surface area contributed by atoms with Gasteiger partial charge in [-0.25, -0.2) is 8.42 Å². The van der Waals surface area contributed by atoms with Gasteiger partial charge in [-0.3, -0.25) is 14.9 Å². The Bertz CT molecular complexity index is 1010. The third-order valence-corrected chi connectivity index (χ3v) is 5.80. The Morgan fingerprint density at radius 2 is 1.72 bits per heavy atom. The quantitative estimate of drug-likeness (QED) is 0.535. The van der Waals surface area contributed by atoms with Gasteiger partial charge in [0.05, 0.1) is 27.6 Å². The Morgan fingerprint density at radius 3 is 2.24 bits per heavy atom. The number of nitrogens with one attached hydrogen (secondary N) is 1. The molecule has 0 unspecified atom stereocenters. The van der Waals surface area contributed by atoms with Crippen molar-refractivity contribution in [2.75, 3.05) is 18.4 Å². The first-order valence-corrected chi connectivity index (χ1v) is 9.61. The van der Waals surface area contributed by atoms with E-state index in [0.29, 0.717) is 0 Å². The molecule has 0 atom stereocenters. The van der Waals surface area contributed by atoms with Gasteiger partial charge in [0.1, 0.15) is 0 Å². The smallest absolute Gasteiger partial charge is 0.324 e. The van der Waals surface area contributed by atoms with Gasteiger partial charge in [0.2, 0.25) is 15.9 Å². The number of alkyl halides is 3. The number of benzene rings is 2. The third-order valence-electron chi connectivity index (χ3n) is 3.86. The van der Waals surface area contributed by atoms with E-state index < -0.39 is 44.8 Å². The lowest BCUT2D eigenvalue weighted by atomic mass is 10.1. The number of para-hydroxylation sites is 1. The van der Waals surface area contributed by atoms with Gasteiger partial charge in [-0.2, -0.15) is 17.5 Å². The number of anilines is 1. The highest BCUT2D eigenvalue weighted by atomic mass is 32.2. The van der Waals surface area contributed by atoms with Crippen LogP contribution in [0, 0.1) is 10.1 Å². The molecule has 0 fully saturated rings. The minimum absolute atomic E-state index is 0.145. The Kier molecular flexibility index (Phi) is 6.59. The number of rotatable bonds is 7. The van der Waals surface area contributed by atoms with Crippen LogP contribution in [0.2, 0.25) is 0 Å².